The van der Waals surface area contributed by atoms with E-state index < -0.39 is 0 Å². The van der Waals surface area contributed by atoms with Crippen LogP contribution in [-0.2, 0) is 14.3 Å². The number of rotatable bonds is 1. The van der Waals surface area contributed by atoms with Crippen molar-refractivity contribution in [3.05, 3.63) is 0 Å². The zero-order chi connectivity index (χ0) is 8.27. The lowest BCUT2D eigenvalue weighted by molar-refractivity contribution is -0.147. The van der Waals surface area contributed by atoms with Gasteiger partial charge in [0.2, 0.25) is 0 Å². The van der Waals surface area contributed by atoms with Crippen molar-refractivity contribution in [1.82, 2.24) is 5.32 Å². The Kier molecular flexibility index (Phi) is 2.84. The Morgan fingerprint density at radius 1 is 1.73 bits per heavy atom. The Bertz CT molecular complexity index is 141. The Morgan fingerprint density at radius 2 is 2.45 bits per heavy atom. The van der Waals surface area contributed by atoms with Gasteiger partial charge in [0, 0.05) is 6.54 Å². The summed E-state index contributed by atoms with van der Waals surface area (Å²) in [6.07, 6.45) is 0.191. The number of methoxy groups -OCH3 is 1. The number of ether oxygens (including phenoxy) is 2. The van der Waals surface area contributed by atoms with Crippen molar-refractivity contribution in [2.45, 2.75) is 19.1 Å². The van der Waals surface area contributed by atoms with Crippen LogP contribution in [0.2, 0.25) is 0 Å². The van der Waals surface area contributed by atoms with Gasteiger partial charge in [0.05, 0.1) is 19.8 Å². The summed E-state index contributed by atoms with van der Waals surface area (Å²) in [4.78, 5) is 10.9. The molecule has 4 nitrogen and oxygen atoms in total. The van der Waals surface area contributed by atoms with Crippen LogP contribution in [0.5, 0.6) is 0 Å². The largest absolute Gasteiger partial charge is 0.468 e. The van der Waals surface area contributed by atoms with E-state index in [0.717, 1.165) is 0 Å². The first-order valence-corrected chi connectivity index (χ1v) is 3.67. The molecular formula is C7H13NO3. The summed E-state index contributed by atoms with van der Waals surface area (Å²) in [5, 5.41) is 3.02. The number of hydrogen-bond acceptors (Lipinski definition) is 4. The molecular weight excluding hydrogens is 146 g/mol. The third kappa shape index (κ3) is 2.17. The number of carbonyl (C=O) groups is 1. The maximum Gasteiger partial charge on any atom is 0.325 e. The van der Waals surface area contributed by atoms with Gasteiger partial charge in [-0.15, -0.1) is 0 Å². The summed E-state index contributed by atoms with van der Waals surface area (Å²) < 4.78 is 9.79. The lowest BCUT2D eigenvalue weighted by Crippen LogP contribution is -2.49. The van der Waals surface area contributed by atoms with Gasteiger partial charge in [-0.25, -0.2) is 0 Å². The number of carbonyl (C=O) groups excluding carboxylic acids is 1. The Balaban J connectivity index is 2.33. The van der Waals surface area contributed by atoms with E-state index in [1.807, 2.05) is 6.92 Å². The second-order valence-electron chi connectivity index (χ2n) is 2.63. The molecule has 0 aromatic carbocycles. The van der Waals surface area contributed by atoms with Crippen LogP contribution < -0.4 is 5.32 Å². The minimum Gasteiger partial charge on any atom is -0.468 e. The van der Waals surface area contributed by atoms with E-state index in [1.165, 1.54) is 7.11 Å². The van der Waals surface area contributed by atoms with E-state index >= 15 is 0 Å². The van der Waals surface area contributed by atoms with Crippen LogP contribution in [0.25, 0.3) is 0 Å². The van der Waals surface area contributed by atoms with Crippen molar-refractivity contribution < 1.29 is 14.3 Å². The highest BCUT2D eigenvalue weighted by Crippen LogP contribution is 2.00. The maximum absolute atomic E-state index is 10.9. The van der Waals surface area contributed by atoms with Crippen LogP contribution in [0.3, 0.4) is 0 Å². The summed E-state index contributed by atoms with van der Waals surface area (Å²) >= 11 is 0. The topological polar surface area (TPSA) is 47.6 Å². The SMILES string of the molecule is COC(=O)[C@@H]1CO[C@H](C)CN1. The minimum atomic E-state index is -0.281. The number of esters is 1. The molecule has 0 saturated carbocycles. The lowest BCUT2D eigenvalue weighted by atomic mass is 10.2. The summed E-state index contributed by atoms with van der Waals surface area (Å²) in [6, 6.07) is -0.281. The normalized spacial score (nSPS) is 31.5. The Morgan fingerprint density at radius 3 is 2.91 bits per heavy atom. The smallest absolute Gasteiger partial charge is 0.325 e. The highest BCUT2D eigenvalue weighted by molar-refractivity contribution is 5.75. The fourth-order valence-electron chi connectivity index (χ4n) is 0.980. The van der Waals surface area contributed by atoms with Crippen LogP contribution in [0, 0.1) is 0 Å². The number of morpholine rings is 1. The summed E-state index contributed by atoms with van der Waals surface area (Å²) in [5.41, 5.74) is 0. The molecule has 1 heterocycles. The molecule has 0 radical (unpaired) electrons. The number of hydrogen-bond donors (Lipinski definition) is 1. The number of nitrogens with one attached hydrogen (secondary N) is 1. The Hall–Kier alpha value is -0.610. The second kappa shape index (κ2) is 3.69. The zero-order valence-electron chi connectivity index (χ0n) is 6.79. The average molecular weight is 159 g/mol. The molecule has 4 heteroatoms. The molecule has 1 aliphatic rings. The van der Waals surface area contributed by atoms with Crippen LogP contribution in [0.1, 0.15) is 6.92 Å². The predicted octanol–water partition coefficient (Wildman–Crippen LogP) is -0.464. The monoisotopic (exact) mass is 159 g/mol. The molecule has 11 heavy (non-hydrogen) atoms. The van der Waals surface area contributed by atoms with Crippen molar-refractivity contribution in [3.8, 4) is 0 Å². The predicted molar refractivity (Wildman–Crippen MR) is 39.2 cm³/mol. The van der Waals surface area contributed by atoms with Gasteiger partial charge in [0.1, 0.15) is 6.04 Å². The standard InChI is InChI=1S/C7H13NO3/c1-5-3-8-6(4-11-5)7(9)10-2/h5-6,8H,3-4H2,1-2H3/t5-,6+/m1/s1. The van der Waals surface area contributed by atoms with Crippen molar-refractivity contribution in [1.29, 1.82) is 0 Å². The Labute approximate surface area is 65.9 Å². The van der Waals surface area contributed by atoms with Crippen LogP contribution in [0.4, 0.5) is 0 Å². The molecule has 64 valence electrons. The van der Waals surface area contributed by atoms with E-state index in [-0.39, 0.29) is 18.1 Å². The van der Waals surface area contributed by atoms with E-state index in [0.29, 0.717) is 13.2 Å². The highest BCUT2D eigenvalue weighted by atomic mass is 16.5. The van der Waals surface area contributed by atoms with Gasteiger partial charge in [-0.05, 0) is 6.92 Å². The average Bonchev–Trinajstić information content (AvgIpc) is 2.05. The van der Waals surface area contributed by atoms with Crippen LogP contribution in [-0.4, -0.2) is 38.4 Å². The molecule has 0 unspecified atom stereocenters. The van der Waals surface area contributed by atoms with Crippen molar-refractivity contribution in [2.24, 2.45) is 0 Å². The third-order valence-electron chi connectivity index (χ3n) is 1.68. The first-order chi connectivity index (χ1) is 5.24. The maximum atomic E-state index is 10.9. The van der Waals surface area contributed by atoms with Crippen molar-refractivity contribution in [3.63, 3.8) is 0 Å². The molecule has 1 aliphatic heterocycles. The minimum absolute atomic E-state index is 0.191. The van der Waals surface area contributed by atoms with E-state index in [9.17, 15) is 4.79 Å². The quantitative estimate of drug-likeness (QED) is 0.526. The molecule has 1 N–H and O–H groups in total. The molecule has 0 amide bonds. The molecule has 0 spiro atoms. The highest BCUT2D eigenvalue weighted by Gasteiger charge is 2.24. The molecule has 0 bridgehead atoms. The van der Waals surface area contributed by atoms with E-state index in [4.69, 9.17) is 4.74 Å². The summed E-state index contributed by atoms with van der Waals surface area (Å²) in [7, 11) is 1.38. The molecule has 0 aromatic heterocycles. The first kappa shape index (κ1) is 8.49. The third-order valence-corrected chi connectivity index (χ3v) is 1.68. The van der Waals surface area contributed by atoms with E-state index in [1.54, 1.807) is 0 Å². The van der Waals surface area contributed by atoms with Gasteiger partial charge in [-0.1, -0.05) is 0 Å². The van der Waals surface area contributed by atoms with Gasteiger partial charge in [0.15, 0.2) is 0 Å². The summed E-state index contributed by atoms with van der Waals surface area (Å²) in [5.74, 6) is -0.253. The molecule has 2 atom stereocenters. The zero-order valence-corrected chi connectivity index (χ0v) is 6.79. The second-order valence-corrected chi connectivity index (χ2v) is 2.63. The first-order valence-electron chi connectivity index (χ1n) is 3.67. The van der Waals surface area contributed by atoms with E-state index in [2.05, 4.69) is 10.1 Å². The molecule has 1 saturated heterocycles. The van der Waals surface area contributed by atoms with Crippen molar-refractivity contribution in [2.75, 3.05) is 20.3 Å². The van der Waals surface area contributed by atoms with Gasteiger partial charge >= 0.3 is 5.97 Å². The van der Waals surface area contributed by atoms with Crippen molar-refractivity contribution >= 4 is 5.97 Å². The molecule has 1 rings (SSSR count). The molecule has 0 aliphatic carbocycles. The fraction of sp³-hybridized carbons (Fsp3) is 0.857. The molecule has 1 fully saturated rings. The van der Waals surface area contributed by atoms with Crippen LogP contribution >= 0.6 is 0 Å². The summed E-state index contributed by atoms with van der Waals surface area (Å²) in [6.45, 7) is 3.08. The van der Waals surface area contributed by atoms with Gasteiger partial charge < -0.3 is 9.47 Å². The van der Waals surface area contributed by atoms with Gasteiger partial charge in [0.25, 0.3) is 0 Å². The van der Waals surface area contributed by atoms with Crippen LogP contribution in [0.15, 0.2) is 0 Å². The molecule has 0 aromatic rings. The fourth-order valence-corrected chi connectivity index (χ4v) is 0.980. The lowest BCUT2D eigenvalue weighted by Gasteiger charge is -2.26. The van der Waals surface area contributed by atoms with Gasteiger partial charge in [-0.3, -0.25) is 10.1 Å². The van der Waals surface area contributed by atoms with Gasteiger partial charge in [-0.2, -0.15) is 0 Å².